The molecular formula is C14H18FN5O. The Labute approximate surface area is 122 Å². The summed E-state index contributed by atoms with van der Waals surface area (Å²) in [4.78, 5) is 6.62. The molecule has 1 aliphatic rings. The molecule has 7 heteroatoms. The number of methoxy groups -OCH3 is 1. The lowest BCUT2D eigenvalue weighted by atomic mass is 10.2. The highest BCUT2D eigenvalue weighted by atomic mass is 19.1. The van der Waals surface area contributed by atoms with Crippen molar-refractivity contribution >= 4 is 5.95 Å². The van der Waals surface area contributed by atoms with Crippen LogP contribution in [0.3, 0.4) is 0 Å². The summed E-state index contributed by atoms with van der Waals surface area (Å²) in [5, 5.41) is 10.5. The molecule has 1 aromatic carbocycles. The summed E-state index contributed by atoms with van der Waals surface area (Å²) in [5.74, 6) is 1.08. The Morgan fingerprint density at radius 2 is 2.29 bits per heavy atom. The van der Waals surface area contributed by atoms with E-state index in [-0.39, 0.29) is 5.75 Å². The number of halogens is 1. The fourth-order valence-electron chi connectivity index (χ4n) is 2.44. The van der Waals surface area contributed by atoms with E-state index in [9.17, 15) is 4.39 Å². The molecular weight excluding hydrogens is 273 g/mol. The molecule has 0 amide bonds. The minimum atomic E-state index is -0.392. The van der Waals surface area contributed by atoms with E-state index in [2.05, 4.69) is 32.3 Å². The molecule has 1 fully saturated rings. The molecule has 0 saturated carbocycles. The summed E-state index contributed by atoms with van der Waals surface area (Å²) in [6, 6.07) is 5.04. The largest absolute Gasteiger partial charge is 0.494 e. The number of nitrogens with one attached hydrogen (secondary N) is 2. The average Bonchev–Trinajstić information content (AvgIpc) is 2.97. The first-order valence-electron chi connectivity index (χ1n) is 6.92. The van der Waals surface area contributed by atoms with Crippen LogP contribution >= 0.6 is 0 Å². The summed E-state index contributed by atoms with van der Waals surface area (Å²) < 4.78 is 18.4. The topological polar surface area (TPSA) is 66.1 Å². The van der Waals surface area contributed by atoms with Crippen molar-refractivity contribution in [2.45, 2.75) is 13.0 Å². The normalized spacial score (nSPS) is 18.8. The van der Waals surface area contributed by atoms with E-state index in [1.807, 2.05) is 0 Å². The van der Waals surface area contributed by atoms with E-state index < -0.39 is 5.82 Å². The molecule has 2 N–H and O–H groups in total. The smallest absolute Gasteiger partial charge is 0.245 e. The van der Waals surface area contributed by atoms with Gasteiger partial charge >= 0.3 is 0 Å². The highest BCUT2D eigenvalue weighted by Crippen LogP contribution is 2.25. The number of ether oxygens (including phenoxy) is 1. The molecule has 112 valence electrons. The van der Waals surface area contributed by atoms with Gasteiger partial charge in [-0.3, -0.25) is 5.10 Å². The van der Waals surface area contributed by atoms with Gasteiger partial charge in [-0.2, -0.15) is 4.98 Å². The van der Waals surface area contributed by atoms with Crippen LogP contribution in [0.4, 0.5) is 10.3 Å². The van der Waals surface area contributed by atoms with Crippen LogP contribution < -0.4 is 15.0 Å². The first-order valence-corrected chi connectivity index (χ1v) is 6.92. The van der Waals surface area contributed by atoms with Gasteiger partial charge in [0, 0.05) is 31.2 Å². The molecule has 0 spiro atoms. The number of anilines is 1. The molecule has 0 aliphatic carbocycles. The predicted molar refractivity (Wildman–Crippen MR) is 78.0 cm³/mol. The number of hydrogen-bond donors (Lipinski definition) is 2. The molecule has 2 heterocycles. The summed E-state index contributed by atoms with van der Waals surface area (Å²) in [5.41, 5.74) is 0.746. The quantitative estimate of drug-likeness (QED) is 0.895. The lowest BCUT2D eigenvalue weighted by Crippen LogP contribution is -2.49. The van der Waals surface area contributed by atoms with E-state index in [1.54, 1.807) is 12.1 Å². The maximum absolute atomic E-state index is 13.4. The highest BCUT2D eigenvalue weighted by molar-refractivity contribution is 5.59. The van der Waals surface area contributed by atoms with Crippen molar-refractivity contribution in [3.63, 3.8) is 0 Å². The van der Waals surface area contributed by atoms with Crippen LogP contribution in [0, 0.1) is 5.82 Å². The van der Waals surface area contributed by atoms with Crippen molar-refractivity contribution in [3.8, 4) is 17.1 Å². The molecule has 1 saturated heterocycles. The van der Waals surface area contributed by atoms with Crippen molar-refractivity contribution in [2.24, 2.45) is 0 Å². The molecule has 1 aromatic heterocycles. The first-order chi connectivity index (χ1) is 10.2. The molecule has 1 aliphatic heterocycles. The van der Waals surface area contributed by atoms with Gasteiger partial charge in [-0.05, 0) is 25.1 Å². The zero-order chi connectivity index (χ0) is 14.8. The Bertz CT molecular complexity index is 630. The van der Waals surface area contributed by atoms with Crippen LogP contribution in [0.5, 0.6) is 5.75 Å². The first kappa shape index (κ1) is 13.8. The number of aromatic nitrogens is 3. The molecule has 6 nitrogen and oxygen atoms in total. The lowest BCUT2D eigenvalue weighted by molar-refractivity contribution is 0.387. The van der Waals surface area contributed by atoms with Crippen LogP contribution in [0.1, 0.15) is 6.92 Å². The molecule has 3 rings (SSSR count). The number of benzene rings is 1. The van der Waals surface area contributed by atoms with E-state index in [1.165, 1.54) is 13.2 Å². The Kier molecular flexibility index (Phi) is 3.74. The summed E-state index contributed by atoms with van der Waals surface area (Å²) >= 11 is 0. The highest BCUT2D eigenvalue weighted by Gasteiger charge is 2.19. The molecule has 2 aromatic rings. The Hall–Kier alpha value is -2.15. The van der Waals surface area contributed by atoms with Crippen molar-refractivity contribution in [1.82, 2.24) is 20.5 Å². The van der Waals surface area contributed by atoms with E-state index in [0.717, 1.165) is 25.2 Å². The third-order valence-electron chi connectivity index (χ3n) is 3.55. The standard InChI is InChI=1S/C14H18FN5O/c1-9-8-20(6-5-16-9)14-17-13(18-19-14)10-3-4-11(15)12(7-10)21-2/h3-4,7,9,16H,5-6,8H2,1-2H3,(H,17,18,19). The van der Waals surface area contributed by atoms with Gasteiger partial charge in [0.05, 0.1) is 7.11 Å². The Morgan fingerprint density at radius 3 is 3.05 bits per heavy atom. The second-order valence-corrected chi connectivity index (χ2v) is 5.13. The fraction of sp³-hybridized carbons (Fsp3) is 0.429. The van der Waals surface area contributed by atoms with Crippen LogP contribution in [0.15, 0.2) is 18.2 Å². The molecule has 1 atom stereocenters. The van der Waals surface area contributed by atoms with Gasteiger partial charge in [-0.1, -0.05) is 0 Å². The number of hydrogen-bond acceptors (Lipinski definition) is 5. The number of piperazine rings is 1. The lowest BCUT2D eigenvalue weighted by Gasteiger charge is -2.30. The van der Waals surface area contributed by atoms with Gasteiger partial charge < -0.3 is 15.0 Å². The summed E-state index contributed by atoms with van der Waals surface area (Å²) in [6.45, 7) is 4.78. The van der Waals surface area contributed by atoms with Gasteiger partial charge in [0.25, 0.3) is 0 Å². The fourth-order valence-corrected chi connectivity index (χ4v) is 2.44. The van der Waals surface area contributed by atoms with Crippen LogP contribution in [-0.2, 0) is 0 Å². The Balaban J connectivity index is 1.84. The van der Waals surface area contributed by atoms with Crippen molar-refractivity contribution < 1.29 is 9.13 Å². The number of H-pyrrole nitrogens is 1. The van der Waals surface area contributed by atoms with Crippen molar-refractivity contribution in [3.05, 3.63) is 24.0 Å². The Morgan fingerprint density at radius 1 is 1.43 bits per heavy atom. The van der Waals surface area contributed by atoms with Gasteiger partial charge in [0.15, 0.2) is 17.4 Å². The minimum Gasteiger partial charge on any atom is -0.494 e. The molecule has 21 heavy (non-hydrogen) atoms. The summed E-state index contributed by atoms with van der Waals surface area (Å²) in [6.07, 6.45) is 0. The van der Waals surface area contributed by atoms with Crippen molar-refractivity contribution in [2.75, 3.05) is 31.6 Å². The van der Waals surface area contributed by atoms with Crippen molar-refractivity contribution in [1.29, 1.82) is 0 Å². The van der Waals surface area contributed by atoms with Gasteiger partial charge in [-0.15, -0.1) is 5.10 Å². The monoisotopic (exact) mass is 291 g/mol. The van der Waals surface area contributed by atoms with E-state index in [0.29, 0.717) is 17.8 Å². The molecule has 0 bridgehead atoms. The van der Waals surface area contributed by atoms with Crippen LogP contribution in [0.2, 0.25) is 0 Å². The average molecular weight is 291 g/mol. The maximum atomic E-state index is 13.4. The zero-order valence-electron chi connectivity index (χ0n) is 12.1. The third-order valence-corrected chi connectivity index (χ3v) is 3.55. The summed E-state index contributed by atoms with van der Waals surface area (Å²) in [7, 11) is 1.44. The predicted octanol–water partition coefficient (Wildman–Crippen LogP) is 1.42. The van der Waals surface area contributed by atoms with Gasteiger partial charge in [0.1, 0.15) is 0 Å². The zero-order valence-corrected chi connectivity index (χ0v) is 12.1. The molecule has 0 radical (unpaired) electrons. The minimum absolute atomic E-state index is 0.196. The number of nitrogens with zero attached hydrogens (tertiary/aromatic N) is 3. The van der Waals surface area contributed by atoms with Crippen LogP contribution in [0.25, 0.3) is 11.4 Å². The second kappa shape index (κ2) is 5.69. The van der Waals surface area contributed by atoms with E-state index in [4.69, 9.17) is 4.74 Å². The number of rotatable bonds is 3. The van der Waals surface area contributed by atoms with Gasteiger partial charge in [-0.25, -0.2) is 4.39 Å². The molecule has 1 unspecified atom stereocenters. The van der Waals surface area contributed by atoms with E-state index >= 15 is 0 Å². The van der Waals surface area contributed by atoms with Gasteiger partial charge in [0.2, 0.25) is 5.95 Å². The number of aromatic amines is 1. The van der Waals surface area contributed by atoms with Crippen LogP contribution in [-0.4, -0.2) is 48.0 Å². The second-order valence-electron chi connectivity index (χ2n) is 5.13. The SMILES string of the molecule is COc1cc(-c2nc(N3CCNC(C)C3)n[nH]2)ccc1F. The third kappa shape index (κ3) is 2.82. The maximum Gasteiger partial charge on any atom is 0.245 e.